The second kappa shape index (κ2) is 3.61. The van der Waals surface area contributed by atoms with Crippen molar-refractivity contribution in [1.29, 1.82) is 0 Å². The van der Waals surface area contributed by atoms with Crippen molar-refractivity contribution in [2.45, 2.75) is 19.9 Å². The summed E-state index contributed by atoms with van der Waals surface area (Å²) in [6.45, 7) is 3.21. The molecule has 1 rings (SSSR count). The molecule has 5 heteroatoms. The third-order valence-electron chi connectivity index (χ3n) is 2.17. The molecule has 14 heavy (non-hydrogen) atoms. The second-order valence-electron chi connectivity index (χ2n) is 3.20. The molecule has 1 aliphatic rings. The fourth-order valence-corrected chi connectivity index (χ4v) is 1.40. The SMILES string of the molecule is CC1=NC(C)C(C(=O)O)C=C1C(=O)O. The standard InChI is InChI=1S/C9H11NO4/c1-4-6(8(11)12)3-7(9(13)14)5(2)10-4/h3-4,6H,1-2H3,(H,11,12)(H,13,14). The van der Waals surface area contributed by atoms with Gasteiger partial charge in [0.1, 0.15) is 0 Å². The minimum atomic E-state index is -1.13. The van der Waals surface area contributed by atoms with E-state index in [0.29, 0.717) is 5.71 Å². The van der Waals surface area contributed by atoms with Crippen molar-refractivity contribution in [2.75, 3.05) is 0 Å². The molecule has 0 saturated heterocycles. The smallest absolute Gasteiger partial charge is 0.337 e. The number of hydrogen-bond donors (Lipinski definition) is 2. The highest BCUT2D eigenvalue weighted by Gasteiger charge is 2.29. The molecule has 0 aliphatic carbocycles. The monoisotopic (exact) mass is 197 g/mol. The van der Waals surface area contributed by atoms with Gasteiger partial charge in [0.2, 0.25) is 0 Å². The maximum absolute atomic E-state index is 10.7. The topological polar surface area (TPSA) is 87.0 Å². The van der Waals surface area contributed by atoms with Crippen LogP contribution in [0.1, 0.15) is 13.8 Å². The Balaban J connectivity index is 3.07. The number of aliphatic imine (C=N–C) groups is 1. The van der Waals surface area contributed by atoms with Gasteiger partial charge in [-0.1, -0.05) is 6.08 Å². The van der Waals surface area contributed by atoms with Gasteiger partial charge in [0, 0.05) is 5.71 Å². The average Bonchev–Trinajstić information content (AvgIpc) is 2.02. The van der Waals surface area contributed by atoms with Crippen LogP contribution in [0, 0.1) is 5.92 Å². The molecule has 0 aromatic heterocycles. The number of carboxylic acids is 2. The Morgan fingerprint density at radius 2 is 2.00 bits per heavy atom. The molecule has 0 aromatic rings. The molecule has 0 saturated carbocycles. The predicted octanol–water partition coefficient (Wildman–Crippen LogP) is 0.561. The van der Waals surface area contributed by atoms with Crippen LogP contribution in [0.3, 0.4) is 0 Å². The normalized spacial score (nSPS) is 26.4. The van der Waals surface area contributed by atoms with Gasteiger partial charge in [-0.25, -0.2) is 4.79 Å². The van der Waals surface area contributed by atoms with Gasteiger partial charge < -0.3 is 10.2 Å². The molecule has 2 atom stereocenters. The van der Waals surface area contributed by atoms with Crippen LogP contribution in [0.4, 0.5) is 0 Å². The van der Waals surface area contributed by atoms with E-state index in [-0.39, 0.29) is 5.57 Å². The van der Waals surface area contributed by atoms with Gasteiger partial charge >= 0.3 is 11.9 Å². The Kier molecular flexibility index (Phi) is 2.69. The summed E-state index contributed by atoms with van der Waals surface area (Å²) in [5.74, 6) is -3.03. The third-order valence-corrected chi connectivity index (χ3v) is 2.17. The lowest BCUT2D eigenvalue weighted by atomic mass is 9.93. The Bertz CT molecular complexity index is 343. The van der Waals surface area contributed by atoms with Crippen LogP contribution in [0.5, 0.6) is 0 Å². The highest BCUT2D eigenvalue weighted by Crippen LogP contribution is 2.19. The molecule has 2 unspecified atom stereocenters. The zero-order valence-electron chi connectivity index (χ0n) is 7.89. The molecular weight excluding hydrogens is 186 g/mol. The largest absolute Gasteiger partial charge is 0.481 e. The molecule has 0 spiro atoms. The van der Waals surface area contributed by atoms with Gasteiger partial charge in [0.25, 0.3) is 0 Å². The van der Waals surface area contributed by atoms with Crippen LogP contribution in [0.25, 0.3) is 0 Å². The van der Waals surface area contributed by atoms with Crippen molar-refractivity contribution in [2.24, 2.45) is 10.9 Å². The Hall–Kier alpha value is -1.65. The minimum absolute atomic E-state index is 0.0181. The number of rotatable bonds is 2. The number of carboxylic acid groups (broad SMARTS) is 2. The molecule has 2 N–H and O–H groups in total. The second-order valence-corrected chi connectivity index (χ2v) is 3.20. The van der Waals surface area contributed by atoms with E-state index >= 15 is 0 Å². The number of nitrogens with zero attached hydrogens (tertiary/aromatic N) is 1. The molecule has 5 nitrogen and oxygen atoms in total. The van der Waals surface area contributed by atoms with Crippen molar-refractivity contribution in [3.8, 4) is 0 Å². The Labute approximate surface area is 80.8 Å². The van der Waals surface area contributed by atoms with Crippen LogP contribution >= 0.6 is 0 Å². The maximum Gasteiger partial charge on any atom is 0.337 e. The quantitative estimate of drug-likeness (QED) is 0.677. The van der Waals surface area contributed by atoms with Gasteiger partial charge in [-0.05, 0) is 13.8 Å². The van der Waals surface area contributed by atoms with Crippen LogP contribution in [0.2, 0.25) is 0 Å². The van der Waals surface area contributed by atoms with Crippen molar-refractivity contribution in [1.82, 2.24) is 0 Å². The highest BCUT2D eigenvalue weighted by atomic mass is 16.4. The lowest BCUT2D eigenvalue weighted by Crippen LogP contribution is -2.29. The zero-order chi connectivity index (χ0) is 10.9. The van der Waals surface area contributed by atoms with Crippen LogP contribution < -0.4 is 0 Å². The summed E-state index contributed by atoms with van der Waals surface area (Å²) in [5, 5.41) is 17.5. The van der Waals surface area contributed by atoms with Crippen molar-refractivity contribution in [3.05, 3.63) is 11.6 Å². The maximum atomic E-state index is 10.7. The summed E-state index contributed by atoms with van der Waals surface area (Å²) >= 11 is 0. The van der Waals surface area contributed by atoms with E-state index in [2.05, 4.69) is 4.99 Å². The van der Waals surface area contributed by atoms with Crippen molar-refractivity contribution >= 4 is 17.7 Å². The molecule has 0 bridgehead atoms. The van der Waals surface area contributed by atoms with Crippen molar-refractivity contribution < 1.29 is 19.8 Å². The molecule has 0 radical (unpaired) electrons. The molecule has 0 aromatic carbocycles. The van der Waals surface area contributed by atoms with E-state index in [9.17, 15) is 9.59 Å². The molecular formula is C9H11NO4. The number of aliphatic carboxylic acids is 2. The van der Waals surface area contributed by atoms with Crippen molar-refractivity contribution in [3.63, 3.8) is 0 Å². The molecule has 0 fully saturated rings. The predicted molar refractivity (Wildman–Crippen MR) is 49.4 cm³/mol. The molecule has 1 aliphatic heterocycles. The van der Waals surface area contributed by atoms with Gasteiger partial charge in [-0.3, -0.25) is 9.79 Å². The number of dihydropyridines is 1. The van der Waals surface area contributed by atoms with E-state index < -0.39 is 23.9 Å². The van der Waals surface area contributed by atoms with E-state index in [0.717, 1.165) is 0 Å². The van der Waals surface area contributed by atoms with Gasteiger partial charge in [0.05, 0.1) is 17.5 Å². The third kappa shape index (κ3) is 1.81. The first-order chi connectivity index (χ1) is 6.43. The van der Waals surface area contributed by atoms with Gasteiger partial charge in [0.15, 0.2) is 0 Å². The van der Waals surface area contributed by atoms with Crippen LogP contribution in [0.15, 0.2) is 16.6 Å². The summed E-state index contributed by atoms with van der Waals surface area (Å²) < 4.78 is 0. The summed E-state index contributed by atoms with van der Waals surface area (Å²) in [6.07, 6.45) is 1.25. The summed E-state index contributed by atoms with van der Waals surface area (Å²) in [6, 6.07) is -0.407. The lowest BCUT2D eigenvalue weighted by Gasteiger charge is -2.20. The zero-order valence-corrected chi connectivity index (χ0v) is 7.89. The van der Waals surface area contributed by atoms with E-state index in [1.54, 1.807) is 13.8 Å². The fourth-order valence-electron chi connectivity index (χ4n) is 1.40. The first-order valence-corrected chi connectivity index (χ1v) is 4.16. The average molecular weight is 197 g/mol. The van der Waals surface area contributed by atoms with Gasteiger partial charge in [-0.15, -0.1) is 0 Å². The Morgan fingerprint density at radius 3 is 2.43 bits per heavy atom. The van der Waals surface area contributed by atoms with E-state index in [4.69, 9.17) is 10.2 Å². The Morgan fingerprint density at radius 1 is 1.43 bits per heavy atom. The first-order valence-electron chi connectivity index (χ1n) is 4.16. The molecule has 1 heterocycles. The summed E-state index contributed by atoms with van der Waals surface area (Å²) in [4.78, 5) is 25.4. The van der Waals surface area contributed by atoms with Gasteiger partial charge in [-0.2, -0.15) is 0 Å². The minimum Gasteiger partial charge on any atom is -0.481 e. The van der Waals surface area contributed by atoms with E-state index in [1.165, 1.54) is 6.08 Å². The molecule has 0 amide bonds. The summed E-state index contributed by atoms with van der Waals surface area (Å²) in [5.41, 5.74) is 0.359. The highest BCUT2D eigenvalue weighted by molar-refractivity contribution is 6.19. The lowest BCUT2D eigenvalue weighted by molar-refractivity contribution is -0.140. The van der Waals surface area contributed by atoms with Crippen LogP contribution in [-0.2, 0) is 9.59 Å². The van der Waals surface area contributed by atoms with E-state index in [1.807, 2.05) is 0 Å². The fraction of sp³-hybridized carbons (Fsp3) is 0.444. The summed E-state index contributed by atoms with van der Waals surface area (Å²) in [7, 11) is 0. The number of carbonyl (C=O) groups is 2. The molecule has 76 valence electrons. The first kappa shape index (κ1) is 10.4. The van der Waals surface area contributed by atoms with Crippen LogP contribution in [-0.4, -0.2) is 33.9 Å². The number of hydrogen-bond acceptors (Lipinski definition) is 3.